The molecule has 1 aromatic carbocycles. The third-order valence-corrected chi connectivity index (χ3v) is 3.45. The highest BCUT2D eigenvalue weighted by atomic mass is 35.5. The van der Waals surface area contributed by atoms with Crippen LogP contribution in [0.1, 0.15) is 0 Å². The van der Waals surface area contributed by atoms with Crippen molar-refractivity contribution in [3.8, 4) is 0 Å². The van der Waals surface area contributed by atoms with Crippen LogP contribution in [0.4, 0.5) is 5.69 Å². The molecule has 0 spiro atoms. The van der Waals surface area contributed by atoms with Crippen LogP contribution in [0.15, 0.2) is 29.1 Å². The van der Waals surface area contributed by atoms with E-state index in [9.17, 15) is 4.79 Å². The minimum absolute atomic E-state index is 0.0993. The zero-order chi connectivity index (χ0) is 12.5. The van der Waals surface area contributed by atoms with Crippen molar-refractivity contribution in [2.45, 2.75) is 0 Å². The van der Waals surface area contributed by atoms with Crippen LogP contribution in [0.3, 0.4) is 0 Å². The number of aromatic amines is 1. The van der Waals surface area contributed by atoms with Crippen LogP contribution < -0.4 is 10.5 Å². The fourth-order valence-electron chi connectivity index (χ4n) is 2.21. The highest BCUT2D eigenvalue weighted by Crippen LogP contribution is 2.30. The number of pyridine rings is 1. The van der Waals surface area contributed by atoms with Crippen molar-refractivity contribution in [1.82, 2.24) is 4.98 Å². The first kappa shape index (κ1) is 11.6. The highest BCUT2D eigenvalue weighted by molar-refractivity contribution is 6.34. The molecule has 1 aromatic heterocycles. The Labute approximate surface area is 109 Å². The molecule has 1 aliphatic rings. The molecular formula is C13H13ClN2O2. The van der Waals surface area contributed by atoms with Crippen LogP contribution in [0.25, 0.3) is 10.9 Å². The number of anilines is 1. The molecule has 0 atom stereocenters. The monoisotopic (exact) mass is 264 g/mol. The number of benzene rings is 1. The van der Waals surface area contributed by atoms with Gasteiger partial charge >= 0.3 is 0 Å². The molecule has 18 heavy (non-hydrogen) atoms. The Bertz CT molecular complexity index is 632. The quantitative estimate of drug-likeness (QED) is 0.857. The molecule has 0 amide bonds. The van der Waals surface area contributed by atoms with Gasteiger partial charge in [0.25, 0.3) is 0 Å². The number of fused-ring (bicyclic) bond motifs is 1. The first-order chi connectivity index (χ1) is 8.74. The molecule has 0 radical (unpaired) electrons. The maximum absolute atomic E-state index is 11.3. The maximum atomic E-state index is 11.3. The second kappa shape index (κ2) is 4.63. The zero-order valence-electron chi connectivity index (χ0n) is 9.78. The van der Waals surface area contributed by atoms with Crippen LogP contribution >= 0.6 is 11.6 Å². The van der Waals surface area contributed by atoms with Gasteiger partial charge in [0, 0.05) is 19.2 Å². The van der Waals surface area contributed by atoms with Crippen molar-refractivity contribution in [2.24, 2.45) is 0 Å². The summed E-state index contributed by atoms with van der Waals surface area (Å²) in [6.45, 7) is 3.06. The molecule has 0 saturated carbocycles. The SMILES string of the molecule is O=c1ccc2cc(Cl)c(N3CCOCC3)cc2[nH]1. The Hall–Kier alpha value is -1.52. The van der Waals surface area contributed by atoms with Gasteiger partial charge in [-0.15, -0.1) is 0 Å². The van der Waals surface area contributed by atoms with Gasteiger partial charge < -0.3 is 14.6 Å². The molecule has 1 aliphatic heterocycles. The zero-order valence-corrected chi connectivity index (χ0v) is 10.5. The van der Waals surface area contributed by atoms with Crippen LogP contribution in [0.5, 0.6) is 0 Å². The molecule has 0 bridgehead atoms. The molecular weight excluding hydrogens is 252 g/mol. The average Bonchev–Trinajstić information content (AvgIpc) is 2.39. The Morgan fingerprint density at radius 3 is 2.78 bits per heavy atom. The van der Waals surface area contributed by atoms with Gasteiger partial charge in [0.1, 0.15) is 0 Å². The number of hydrogen-bond acceptors (Lipinski definition) is 3. The number of nitrogens with zero attached hydrogens (tertiary/aromatic N) is 1. The Balaban J connectivity index is 2.10. The van der Waals surface area contributed by atoms with E-state index in [4.69, 9.17) is 16.3 Å². The lowest BCUT2D eigenvalue weighted by Crippen LogP contribution is -2.36. The van der Waals surface area contributed by atoms with E-state index in [1.807, 2.05) is 12.1 Å². The molecule has 1 N–H and O–H groups in total. The van der Waals surface area contributed by atoms with Gasteiger partial charge in [-0.05, 0) is 23.6 Å². The molecule has 0 unspecified atom stereocenters. The van der Waals surface area contributed by atoms with Crippen molar-refractivity contribution in [3.63, 3.8) is 0 Å². The van der Waals surface area contributed by atoms with Crippen molar-refractivity contribution < 1.29 is 4.74 Å². The van der Waals surface area contributed by atoms with E-state index in [0.717, 1.165) is 29.7 Å². The standard InChI is InChI=1S/C13H13ClN2O2/c14-10-7-9-1-2-13(17)15-11(9)8-12(10)16-3-5-18-6-4-16/h1-2,7-8H,3-6H2,(H,15,17). The summed E-state index contributed by atoms with van der Waals surface area (Å²) in [4.78, 5) is 16.3. The summed E-state index contributed by atoms with van der Waals surface area (Å²) < 4.78 is 5.33. The maximum Gasteiger partial charge on any atom is 0.248 e. The molecule has 3 rings (SSSR count). The largest absolute Gasteiger partial charge is 0.378 e. The van der Waals surface area contributed by atoms with Gasteiger partial charge in [-0.3, -0.25) is 4.79 Å². The number of ether oxygens (including phenoxy) is 1. The lowest BCUT2D eigenvalue weighted by molar-refractivity contribution is 0.122. The molecule has 5 heteroatoms. The summed E-state index contributed by atoms with van der Waals surface area (Å²) in [5.41, 5.74) is 1.67. The van der Waals surface area contributed by atoms with E-state index in [2.05, 4.69) is 9.88 Å². The topological polar surface area (TPSA) is 45.3 Å². The third kappa shape index (κ3) is 2.09. The summed E-state index contributed by atoms with van der Waals surface area (Å²) in [5.74, 6) is 0. The number of morpholine rings is 1. The van der Waals surface area contributed by atoms with E-state index in [-0.39, 0.29) is 5.56 Å². The minimum atomic E-state index is -0.0993. The van der Waals surface area contributed by atoms with E-state index in [1.165, 1.54) is 6.07 Å². The summed E-state index contributed by atoms with van der Waals surface area (Å²) in [5, 5.41) is 1.65. The van der Waals surface area contributed by atoms with Crippen LogP contribution in [0.2, 0.25) is 5.02 Å². The predicted molar refractivity (Wildman–Crippen MR) is 72.6 cm³/mol. The molecule has 94 valence electrons. The highest BCUT2D eigenvalue weighted by Gasteiger charge is 2.15. The fourth-order valence-corrected chi connectivity index (χ4v) is 2.50. The van der Waals surface area contributed by atoms with E-state index in [0.29, 0.717) is 18.2 Å². The Morgan fingerprint density at radius 1 is 1.22 bits per heavy atom. The number of H-pyrrole nitrogens is 1. The van der Waals surface area contributed by atoms with E-state index >= 15 is 0 Å². The summed E-state index contributed by atoms with van der Waals surface area (Å²) in [6.07, 6.45) is 0. The lowest BCUT2D eigenvalue weighted by atomic mass is 10.2. The van der Waals surface area contributed by atoms with Gasteiger partial charge in [0.2, 0.25) is 5.56 Å². The normalized spacial score (nSPS) is 16.2. The number of halogens is 1. The third-order valence-electron chi connectivity index (χ3n) is 3.14. The van der Waals surface area contributed by atoms with Crippen LogP contribution in [0, 0.1) is 0 Å². The molecule has 1 saturated heterocycles. The Morgan fingerprint density at radius 2 is 2.00 bits per heavy atom. The number of aromatic nitrogens is 1. The van der Waals surface area contributed by atoms with Gasteiger partial charge in [0.05, 0.1) is 29.4 Å². The second-order valence-electron chi connectivity index (χ2n) is 4.31. The second-order valence-corrected chi connectivity index (χ2v) is 4.72. The average molecular weight is 265 g/mol. The van der Waals surface area contributed by atoms with Crippen molar-refractivity contribution >= 4 is 28.2 Å². The molecule has 2 aromatic rings. The molecule has 2 heterocycles. The molecule has 1 fully saturated rings. The minimum Gasteiger partial charge on any atom is -0.378 e. The van der Waals surface area contributed by atoms with E-state index < -0.39 is 0 Å². The van der Waals surface area contributed by atoms with Gasteiger partial charge in [0.15, 0.2) is 0 Å². The van der Waals surface area contributed by atoms with Crippen LogP contribution in [-0.4, -0.2) is 31.3 Å². The number of rotatable bonds is 1. The summed E-state index contributed by atoms with van der Waals surface area (Å²) in [7, 11) is 0. The molecule has 0 aliphatic carbocycles. The lowest BCUT2D eigenvalue weighted by Gasteiger charge is -2.29. The predicted octanol–water partition coefficient (Wildman–Crippen LogP) is 2.02. The fraction of sp³-hybridized carbons (Fsp3) is 0.308. The molecule has 4 nitrogen and oxygen atoms in total. The number of nitrogens with one attached hydrogen (secondary N) is 1. The number of hydrogen-bond donors (Lipinski definition) is 1. The first-order valence-corrected chi connectivity index (χ1v) is 6.27. The Kier molecular flexibility index (Phi) is 2.97. The summed E-state index contributed by atoms with van der Waals surface area (Å²) in [6, 6.07) is 7.11. The van der Waals surface area contributed by atoms with E-state index in [1.54, 1.807) is 6.07 Å². The van der Waals surface area contributed by atoms with Crippen molar-refractivity contribution in [3.05, 3.63) is 39.6 Å². The van der Waals surface area contributed by atoms with Gasteiger partial charge in [-0.1, -0.05) is 11.6 Å². The first-order valence-electron chi connectivity index (χ1n) is 5.89. The van der Waals surface area contributed by atoms with Crippen molar-refractivity contribution in [2.75, 3.05) is 31.2 Å². The smallest absolute Gasteiger partial charge is 0.248 e. The van der Waals surface area contributed by atoms with Gasteiger partial charge in [-0.2, -0.15) is 0 Å². The van der Waals surface area contributed by atoms with Crippen molar-refractivity contribution in [1.29, 1.82) is 0 Å². The van der Waals surface area contributed by atoms with Gasteiger partial charge in [-0.25, -0.2) is 0 Å². The van der Waals surface area contributed by atoms with Crippen LogP contribution in [-0.2, 0) is 4.74 Å². The summed E-state index contributed by atoms with van der Waals surface area (Å²) >= 11 is 6.30.